The first-order chi connectivity index (χ1) is 15.4. The number of ether oxygens (including phenoxy) is 6. The van der Waals surface area contributed by atoms with Gasteiger partial charge >= 0.3 is 11.9 Å². The van der Waals surface area contributed by atoms with Crippen molar-refractivity contribution in [2.24, 2.45) is 11.8 Å². The van der Waals surface area contributed by atoms with Gasteiger partial charge in [0.1, 0.15) is 0 Å². The Hall–Kier alpha value is -3.42. The van der Waals surface area contributed by atoms with Gasteiger partial charge in [-0.05, 0) is 48.2 Å². The van der Waals surface area contributed by atoms with E-state index in [1.165, 1.54) is 28.4 Å². The van der Waals surface area contributed by atoms with Crippen LogP contribution in [0.3, 0.4) is 0 Å². The van der Waals surface area contributed by atoms with Crippen molar-refractivity contribution in [3.8, 4) is 23.0 Å². The van der Waals surface area contributed by atoms with Crippen LogP contribution in [0.1, 0.15) is 11.1 Å². The molecule has 0 aliphatic heterocycles. The molecule has 0 saturated carbocycles. The minimum Gasteiger partial charge on any atom is -0.493 e. The summed E-state index contributed by atoms with van der Waals surface area (Å²) in [5.74, 6) is -0.365. The molecule has 0 bridgehead atoms. The second-order valence-electron chi connectivity index (χ2n) is 7.05. The van der Waals surface area contributed by atoms with Gasteiger partial charge in [0.15, 0.2) is 23.0 Å². The van der Waals surface area contributed by atoms with E-state index >= 15 is 0 Å². The van der Waals surface area contributed by atoms with E-state index in [4.69, 9.17) is 28.4 Å². The molecule has 0 fully saturated rings. The molecule has 8 nitrogen and oxygen atoms in total. The number of esters is 2. The molecule has 0 unspecified atom stereocenters. The molecule has 0 aliphatic rings. The van der Waals surface area contributed by atoms with E-state index in [9.17, 15) is 9.59 Å². The minimum absolute atomic E-state index is 0.250. The van der Waals surface area contributed by atoms with Crippen LogP contribution in [0.15, 0.2) is 36.4 Å². The quantitative estimate of drug-likeness (QED) is 0.487. The second kappa shape index (κ2) is 11.8. The topological polar surface area (TPSA) is 89.5 Å². The highest BCUT2D eigenvalue weighted by molar-refractivity contribution is 5.82. The SMILES string of the molecule is COC(=O)[C@@H](Cc1ccc(OC)c(OC)c1)[C@H](Cc1ccc(OC)c(OC)c1)C(=O)OC. The molecule has 0 radical (unpaired) electrons. The van der Waals surface area contributed by atoms with Crippen LogP contribution in [-0.2, 0) is 31.9 Å². The zero-order valence-corrected chi connectivity index (χ0v) is 19.3. The number of hydrogen-bond acceptors (Lipinski definition) is 8. The van der Waals surface area contributed by atoms with Crippen LogP contribution in [0.5, 0.6) is 23.0 Å². The van der Waals surface area contributed by atoms with Gasteiger partial charge in [0, 0.05) is 0 Å². The maximum atomic E-state index is 12.7. The Labute approximate surface area is 188 Å². The van der Waals surface area contributed by atoms with Crippen molar-refractivity contribution in [2.45, 2.75) is 12.8 Å². The van der Waals surface area contributed by atoms with Crippen molar-refractivity contribution < 1.29 is 38.0 Å². The fraction of sp³-hybridized carbons (Fsp3) is 0.417. The first kappa shape index (κ1) is 24.8. The summed E-state index contributed by atoms with van der Waals surface area (Å²) in [4.78, 5) is 25.5. The fourth-order valence-electron chi connectivity index (χ4n) is 3.61. The molecule has 32 heavy (non-hydrogen) atoms. The Morgan fingerprint density at radius 2 is 0.938 bits per heavy atom. The highest BCUT2D eigenvalue weighted by Gasteiger charge is 2.36. The van der Waals surface area contributed by atoms with Crippen molar-refractivity contribution in [1.82, 2.24) is 0 Å². The van der Waals surface area contributed by atoms with Gasteiger partial charge in [0.05, 0.1) is 54.5 Å². The van der Waals surface area contributed by atoms with Crippen LogP contribution in [0, 0.1) is 11.8 Å². The monoisotopic (exact) mass is 446 g/mol. The van der Waals surface area contributed by atoms with Crippen LogP contribution in [0.4, 0.5) is 0 Å². The molecule has 0 aromatic heterocycles. The van der Waals surface area contributed by atoms with E-state index < -0.39 is 23.8 Å². The summed E-state index contributed by atoms with van der Waals surface area (Å²) in [5.41, 5.74) is 1.58. The van der Waals surface area contributed by atoms with Crippen LogP contribution < -0.4 is 18.9 Å². The van der Waals surface area contributed by atoms with Crippen LogP contribution in [0.2, 0.25) is 0 Å². The minimum atomic E-state index is -0.779. The molecule has 0 N–H and O–H groups in total. The summed E-state index contributed by atoms with van der Waals surface area (Å²) < 4.78 is 31.3. The summed E-state index contributed by atoms with van der Waals surface area (Å²) in [6.07, 6.45) is 0.500. The van der Waals surface area contributed by atoms with Gasteiger partial charge in [-0.2, -0.15) is 0 Å². The number of rotatable bonds is 11. The molecule has 2 atom stereocenters. The average molecular weight is 446 g/mol. The van der Waals surface area contributed by atoms with E-state index in [-0.39, 0.29) is 12.8 Å². The highest BCUT2D eigenvalue weighted by Crippen LogP contribution is 2.33. The second-order valence-corrected chi connectivity index (χ2v) is 7.05. The summed E-state index contributed by atoms with van der Waals surface area (Å²) in [5, 5.41) is 0. The Morgan fingerprint density at radius 1 is 0.594 bits per heavy atom. The summed E-state index contributed by atoms with van der Waals surface area (Å²) in [6.45, 7) is 0. The van der Waals surface area contributed by atoms with Gasteiger partial charge in [-0.3, -0.25) is 9.59 Å². The van der Waals surface area contributed by atoms with Crippen molar-refractivity contribution in [3.63, 3.8) is 0 Å². The van der Waals surface area contributed by atoms with E-state index in [1.54, 1.807) is 38.5 Å². The molecule has 0 amide bonds. The molecule has 2 rings (SSSR count). The average Bonchev–Trinajstić information content (AvgIpc) is 2.84. The molecular formula is C24H30O8. The molecule has 0 spiro atoms. The maximum Gasteiger partial charge on any atom is 0.309 e. The molecule has 174 valence electrons. The fourth-order valence-corrected chi connectivity index (χ4v) is 3.61. The number of benzene rings is 2. The van der Waals surface area contributed by atoms with Crippen molar-refractivity contribution in [2.75, 3.05) is 42.7 Å². The lowest BCUT2D eigenvalue weighted by atomic mass is 9.82. The Kier molecular flexibility index (Phi) is 9.19. The summed E-state index contributed by atoms with van der Waals surface area (Å²) in [6, 6.07) is 10.7. The van der Waals surface area contributed by atoms with E-state index in [1.807, 2.05) is 12.1 Å². The Morgan fingerprint density at radius 3 is 1.22 bits per heavy atom. The smallest absolute Gasteiger partial charge is 0.309 e. The largest absolute Gasteiger partial charge is 0.493 e. The third kappa shape index (κ3) is 5.84. The first-order valence-electron chi connectivity index (χ1n) is 9.99. The Bertz CT molecular complexity index is 849. The molecule has 0 aliphatic carbocycles. The first-order valence-corrected chi connectivity index (χ1v) is 9.99. The predicted molar refractivity (Wildman–Crippen MR) is 118 cm³/mol. The van der Waals surface area contributed by atoms with Gasteiger partial charge in [-0.25, -0.2) is 0 Å². The summed E-state index contributed by atoms with van der Waals surface area (Å²) in [7, 11) is 8.77. The van der Waals surface area contributed by atoms with Gasteiger partial charge in [-0.15, -0.1) is 0 Å². The maximum absolute atomic E-state index is 12.7. The Balaban J connectivity index is 2.41. The van der Waals surface area contributed by atoms with E-state index in [0.717, 1.165) is 11.1 Å². The lowest BCUT2D eigenvalue weighted by Gasteiger charge is -2.24. The normalized spacial score (nSPS) is 12.3. The zero-order valence-electron chi connectivity index (χ0n) is 19.3. The zero-order chi connectivity index (χ0) is 23.7. The molecule has 0 heterocycles. The molecule has 2 aromatic carbocycles. The predicted octanol–water partition coefficient (Wildman–Crippen LogP) is 3.08. The van der Waals surface area contributed by atoms with Gasteiger partial charge in [0.25, 0.3) is 0 Å². The van der Waals surface area contributed by atoms with Crippen LogP contribution >= 0.6 is 0 Å². The number of carbonyl (C=O) groups excluding carboxylic acids is 2. The summed E-state index contributed by atoms with van der Waals surface area (Å²) >= 11 is 0. The number of hydrogen-bond donors (Lipinski definition) is 0. The van der Waals surface area contributed by atoms with Gasteiger partial charge < -0.3 is 28.4 Å². The molecule has 0 saturated heterocycles. The van der Waals surface area contributed by atoms with Crippen LogP contribution in [-0.4, -0.2) is 54.6 Å². The van der Waals surface area contributed by atoms with Crippen LogP contribution in [0.25, 0.3) is 0 Å². The third-order valence-electron chi connectivity index (χ3n) is 5.30. The molecule has 8 heteroatoms. The van der Waals surface area contributed by atoms with Gasteiger partial charge in [0.2, 0.25) is 0 Å². The van der Waals surface area contributed by atoms with Crippen molar-refractivity contribution >= 4 is 11.9 Å². The van der Waals surface area contributed by atoms with Gasteiger partial charge in [-0.1, -0.05) is 12.1 Å². The number of methoxy groups -OCH3 is 6. The third-order valence-corrected chi connectivity index (χ3v) is 5.30. The lowest BCUT2D eigenvalue weighted by Crippen LogP contribution is -2.34. The van der Waals surface area contributed by atoms with Crippen molar-refractivity contribution in [1.29, 1.82) is 0 Å². The highest BCUT2D eigenvalue weighted by atomic mass is 16.5. The standard InChI is InChI=1S/C24H30O8/c1-27-19-9-7-15(13-21(19)29-3)11-17(23(25)31-5)18(24(26)32-6)12-16-8-10-20(28-2)22(14-16)30-4/h7-10,13-14,17-18H,11-12H2,1-6H3/t17-,18-/m0/s1. The van der Waals surface area contributed by atoms with Crippen molar-refractivity contribution in [3.05, 3.63) is 47.5 Å². The lowest BCUT2D eigenvalue weighted by molar-refractivity contribution is -0.157. The van der Waals surface area contributed by atoms with E-state index in [2.05, 4.69) is 0 Å². The molecule has 2 aromatic rings. The van der Waals surface area contributed by atoms with E-state index in [0.29, 0.717) is 23.0 Å². The molecular weight excluding hydrogens is 416 g/mol. The number of carbonyl (C=O) groups is 2.